The van der Waals surface area contributed by atoms with Gasteiger partial charge in [-0.2, -0.15) is 0 Å². The Balaban J connectivity index is 1.25. The zero-order valence-corrected chi connectivity index (χ0v) is 19.6. The maximum atomic E-state index is 12.7. The summed E-state index contributed by atoms with van der Waals surface area (Å²) < 4.78 is 0. The van der Waals surface area contributed by atoms with E-state index in [4.69, 9.17) is 0 Å². The highest BCUT2D eigenvalue weighted by Gasteiger charge is 2.24. The number of nitrogens with zero attached hydrogens (tertiary/aromatic N) is 3. The molecule has 2 N–H and O–H groups in total. The average Bonchev–Trinajstić information content (AvgIpc) is 3.32. The number of hydrogen-bond acceptors (Lipinski definition) is 6. The molecule has 0 aliphatic carbocycles. The van der Waals surface area contributed by atoms with Gasteiger partial charge in [0.2, 0.25) is 5.91 Å². The minimum absolute atomic E-state index is 0.00701. The Hall–Kier alpha value is -3.23. The third-order valence-corrected chi connectivity index (χ3v) is 6.46. The summed E-state index contributed by atoms with van der Waals surface area (Å²) in [5, 5.41) is 8.76. The van der Waals surface area contributed by atoms with Crippen LogP contribution < -0.4 is 10.6 Å². The normalized spacial score (nSPS) is 14.2. The summed E-state index contributed by atoms with van der Waals surface area (Å²) in [6, 6.07) is 18.3. The van der Waals surface area contributed by atoms with Crippen molar-refractivity contribution in [3.63, 3.8) is 0 Å². The van der Waals surface area contributed by atoms with Gasteiger partial charge in [0, 0.05) is 44.6 Å². The molecule has 8 heteroatoms. The number of nitrogens with one attached hydrogen (secondary N) is 2. The van der Waals surface area contributed by atoms with Gasteiger partial charge in [0.15, 0.2) is 5.13 Å². The molecule has 0 radical (unpaired) electrons. The molecule has 7 nitrogen and oxygen atoms in total. The van der Waals surface area contributed by atoms with E-state index in [1.807, 2.05) is 48.2 Å². The van der Waals surface area contributed by atoms with Gasteiger partial charge in [-0.05, 0) is 23.6 Å². The second kappa shape index (κ2) is 11.1. The van der Waals surface area contributed by atoms with E-state index in [9.17, 15) is 9.59 Å². The molecule has 1 aliphatic heterocycles. The van der Waals surface area contributed by atoms with Crippen LogP contribution >= 0.6 is 11.3 Å². The largest absolute Gasteiger partial charge is 0.362 e. The number of hydrogen-bond donors (Lipinski definition) is 2. The summed E-state index contributed by atoms with van der Waals surface area (Å²) in [5.74, 6) is -0.0514. The molecule has 172 valence electrons. The van der Waals surface area contributed by atoms with Crippen LogP contribution in [0.3, 0.4) is 0 Å². The number of thiazole rings is 1. The lowest BCUT2D eigenvalue weighted by Crippen LogP contribution is -2.51. The Morgan fingerprint density at radius 1 is 1.00 bits per heavy atom. The van der Waals surface area contributed by atoms with Crippen molar-refractivity contribution in [1.29, 1.82) is 0 Å². The van der Waals surface area contributed by atoms with Crippen LogP contribution in [-0.4, -0.2) is 65.9 Å². The van der Waals surface area contributed by atoms with Crippen LogP contribution in [0.2, 0.25) is 0 Å². The van der Waals surface area contributed by atoms with E-state index in [1.54, 1.807) is 5.38 Å². The van der Waals surface area contributed by atoms with Crippen molar-refractivity contribution in [3.05, 3.63) is 71.2 Å². The van der Waals surface area contributed by atoms with Crippen LogP contribution in [0.1, 0.15) is 23.0 Å². The Labute approximate surface area is 198 Å². The Morgan fingerprint density at radius 2 is 1.73 bits per heavy atom. The first-order valence-corrected chi connectivity index (χ1v) is 12.1. The molecule has 33 heavy (non-hydrogen) atoms. The summed E-state index contributed by atoms with van der Waals surface area (Å²) in [4.78, 5) is 33.6. The SMILES string of the molecule is CCNc1nc(C(=O)N2CCN(CC(=O)NCc3ccccc3-c3ccccc3)CC2)cs1. The lowest BCUT2D eigenvalue weighted by atomic mass is 10.00. The van der Waals surface area contributed by atoms with Gasteiger partial charge in [0.25, 0.3) is 5.91 Å². The van der Waals surface area contributed by atoms with Crippen LogP contribution in [0.25, 0.3) is 11.1 Å². The Kier molecular flexibility index (Phi) is 7.70. The molecule has 0 unspecified atom stereocenters. The molecule has 0 saturated carbocycles. The lowest BCUT2D eigenvalue weighted by Gasteiger charge is -2.34. The topological polar surface area (TPSA) is 77.6 Å². The monoisotopic (exact) mass is 463 g/mol. The van der Waals surface area contributed by atoms with Crippen molar-refractivity contribution in [2.75, 3.05) is 44.6 Å². The summed E-state index contributed by atoms with van der Waals surface area (Å²) in [6.07, 6.45) is 0. The van der Waals surface area contributed by atoms with E-state index >= 15 is 0 Å². The zero-order chi connectivity index (χ0) is 23.0. The van der Waals surface area contributed by atoms with Gasteiger partial charge < -0.3 is 15.5 Å². The first-order valence-electron chi connectivity index (χ1n) is 11.2. The molecule has 1 fully saturated rings. The highest BCUT2D eigenvalue weighted by molar-refractivity contribution is 7.13. The standard InChI is InChI=1S/C25H29N5O2S/c1-2-26-25-28-22(18-33-25)24(32)30-14-12-29(13-15-30)17-23(31)27-16-20-10-6-7-11-21(20)19-8-4-3-5-9-19/h3-11,18H,2,12-17H2,1H3,(H,26,28)(H,27,31). The molecule has 1 saturated heterocycles. The van der Waals surface area contributed by atoms with Gasteiger partial charge in [0.1, 0.15) is 5.69 Å². The molecule has 4 rings (SSSR count). The second-order valence-electron chi connectivity index (χ2n) is 7.94. The number of piperazine rings is 1. The molecule has 2 heterocycles. The number of amides is 2. The fourth-order valence-electron chi connectivity index (χ4n) is 3.90. The molecule has 0 atom stereocenters. The van der Waals surface area contributed by atoms with Crippen molar-refractivity contribution in [2.24, 2.45) is 0 Å². The minimum atomic E-state index is -0.0444. The predicted molar refractivity (Wildman–Crippen MR) is 132 cm³/mol. The van der Waals surface area contributed by atoms with Crippen LogP contribution in [0, 0.1) is 0 Å². The number of benzene rings is 2. The quantitative estimate of drug-likeness (QED) is 0.536. The fourth-order valence-corrected chi connectivity index (χ4v) is 4.66. The van der Waals surface area contributed by atoms with E-state index in [-0.39, 0.29) is 11.8 Å². The first kappa shape index (κ1) is 22.9. The summed E-state index contributed by atoms with van der Waals surface area (Å²) in [7, 11) is 0. The lowest BCUT2D eigenvalue weighted by molar-refractivity contribution is -0.122. The molecule has 2 amide bonds. The number of carbonyl (C=O) groups excluding carboxylic acids is 2. The van der Waals surface area contributed by atoms with Gasteiger partial charge in [0.05, 0.1) is 6.54 Å². The van der Waals surface area contributed by atoms with Crippen molar-refractivity contribution >= 4 is 28.3 Å². The summed E-state index contributed by atoms with van der Waals surface area (Å²) in [5.41, 5.74) is 3.84. The van der Waals surface area contributed by atoms with Gasteiger partial charge in [-0.25, -0.2) is 4.98 Å². The fraction of sp³-hybridized carbons (Fsp3) is 0.320. The van der Waals surface area contributed by atoms with Gasteiger partial charge in [-0.3, -0.25) is 14.5 Å². The number of aromatic nitrogens is 1. The van der Waals surface area contributed by atoms with Crippen molar-refractivity contribution in [2.45, 2.75) is 13.5 Å². The average molecular weight is 464 g/mol. The summed E-state index contributed by atoms with van der Waals surface area (Å²) >= 11 is 1.45. The molecule has 1 aliphatic rings. The second-order valence-corrected chi connectivity index (χ2v) is 8.79. The van der Waals surface area contributed by atoms with E-state index in [0.29, 0.717) is 45.0 Å². The molecule has 0 bridgehead atoms. The molecular formula is C25H29N5O2S. The van der Waals surface area contributed by atoms with Crippen LogP contribution in [0.5, 0.6) is 0 Å². The van der Waals surface area contributed by atoms with E-state index in [0.717, 1.165) is 28.4 Å². The molecular weight excluding hydrogens is 434 g/mol. The maximum absolute atomic E-state index is 12.7. The molecule has 3 aromatic rings. The van der Waals surface area contributed by atoms with Crippen LogP contribution in [0.15, 0.2) is 60.0 Å². The van der Waals surface area contributed by atoms with Crippen LogP contribution in [0.4, 0.5) is 5.13 Å². The predicted octanol–water partition coefficient (Wildman–Crippen LogP) is 3.32. The van der Waals surface area contributed by atoms with Crippen LogP contribution in [-0.2, 0) is 11.3 Å². The van der Waals surface area contributed by atoms with Crippen molar-refractivity contribution in [1.82, 2.24) is 20.1 Å². The first-order chi connectivity index (χ1) is 16.1. The molecule has 0 spiro atoms. The van der Waals surface area contributed by atoms with Crippen molar-refractivity contribution < 1.29 is 9.59 Å². The maximum Gasteiger partial charge on any atom is 0.273 e. The Bertz CT molecular complexity index is 1080. The Morgan fingerprint density at radius 3 is 2.48 bits per heavy atom. The zero-order valence-electron chi connectivity index (χ0n) is 18.8. The van der Waals surface area contributed by atoms with E-state index in [1.165, 1.54) is 11.3 Å². The van der Waals surface area contributed by atoms with E-state index < -0.39 is 0 Å². The highest BCUT2D eigenvalue weighted by atomic mass is 32.1. The smallest absolute Gasteiger partial charge is 0.273 e. The minimum Gasteiger partial charge on any atom is -0.362 e. The number of anilines is 1. The van der Waals surface area contributed by atoms with Crippen molar-refractivity contribution in [3.8, 4) is 11.1 Å². The highest BCUT2D eigenvalue weighted by Crippen LogP contribution is 2.23. The third kappa shape index (κ3) is 5.97. The summed E-state index contributed by atoms with van der Waals surface area (Å²) in [6.45, 7) is 6.12. The van der Waals surface area contributed by atoms with Gasteiger partial charge in [-0.1, -0.05) is 54.6 Å². The van der Waals surface area contributed by atoms with Gasteiger partial charge >= 0.3 is 0 Å². The van der Waals surface area contributed by atoms with E-state index in [2.05, 4.69) is 38.7 Å². The third-order valence-electron chi connectivity index (χ3n) is 5.66. The number of rotatable bonds is 8. The number of carbonyl (C=O) groups is 2. The molecule has 1 aromatic heterocycles. The van der Waals surface area contributed by atoms with Gasteiger partial charge in [-0.15, -0.1) is 11.3 Å². The molecule has 2 aromatic carbocycles.